The Bertz CT molecular complexity index is 416. The second-order valence-electron chi connectivity index (χ2n) is 4.68. The zero-order chi connectivity index (χ0) is 11.7. The Morgan fingerprint density at radius 2 is 2.12 bits per heavy atom. The van der Waals surface area contributed by atoms with Crippen molar-refractivity contribution in [3.05, 3.63) is 34.9 Å². The molecule has 0 bridgehead atoms. The van der Waals surface area contributed by atoms with Crippen molar-refractivity contribution in [3.63, 3.8) is 0 Å². The topological polar surface area (TPSA) is 29.1 Å². The number of hydrogen-bond donors (Lipinski definition) is 1. The van der Waals surface area contributed by atoms with E-state index in [1.54, 1.807) is 0 Å². The molecule has 0 spiro atoms. The fraction of sp³-hybridized carbons (Fsp3) is 0.538. The molecule has 1 N–H and O–H groups in total. The van der Waals surface area contributed by atoms with E-state index >= 15 is 0 Å². The van der Waals surface area contributed by atoms with Crippen LogP contribution in [0.15, 0.2) is 18.2 Å². The molecule has 0 aliphatic carbocycles. The SMILES string of the molecule is Cc1ccc(C2CS(=O)C(C)CN2)c(C)c1. The quantitative estimate of drug-likeness (QED) is 0.810. The Labute approximate surface area is 99.9 Å². The van der Waals surface area contributed by atoms with Crippen molar-refractivity contribution < 1.29 is 4.21 Å². The van der Waals surface area contributed by atoms with Crippen LogP contribution in [0.2, 0.25) is 0 Å². The molecular formula is C13H19NOS. The minimum atomic E-state index is -0.692. The van der Waals surface area contributed by atoms with E-state index in [9.17, 15) is 4.21 Å². The lowest BCUT2D eigenvalue weighted by atomic mass is 10.00. The molecule has 1 aromatic rings. The van der Waals surface area contributed by atoms with Crippen LogP contribution in [0.25, 0.3) is 0 Å². The molecule has 3 atom stereocenters. The number of benzene rings is 1. The summed E-state index contributed by atoms with van der Waals surface area (Å²) in [7, 11) is -0.692. The molecule has 0 aromatic heterocycles. The third-order valence-corrected chi connectivity index (χ3v) is 4.96. The Balaban J connectivity index is 2.22. The van der Waals surface area contributed by atoms with Crippen LogP contribution in [0, 0.1) is 13.8 Å². The molecule has 1 aliphatic rings. The summed E-state index contributed by atoms with van der Waals surface area (Å²) in [6.45, 7) is 7.13. The summed E-state index contributed by atoms with van der Waals surface area (Å²) < 4.78 is 11.8. The van der Waals surface area contributed by atoms with Gasteiger partial charge in [-0.3, -0.25) is 4.21 Å². The van der Waals surface area contributed by atoms with Crippen LogP contribution in [0.5, 0.6) is 0 Å². The van der Waals surface area contributed by atoms with Gasteiger partial charge in [-0.15, -0.1) is 0 Å². The number of hydrogen-bond acceptors (Lipinski definition) is 2. The van der Waals surface area contributed by atoms with Gasteiger partial charge >= 0.3 is 0 Å². The number of nitrogens with one attached hydrogen (secondary N) is 1. The monoisotopic (exact) mass is 237 g/mol. The molecular weight excluding hydrogens is 218 g/mol. The van der Waals surface area contributed by atoms with E-state index in [1.807, 2.05) is 6.92 Å². The average Bonchev–Trinajstić information content (AvgIpc) is 2.22. The molecule has 88 valence electrons. The maximum Gasteiger partial charge on any atom is 0.0445 e. The second kappa shape index (κ2) is 4.68. The number of rotatable bonds is 1. The molecule has 0 amide bonds. The van der Waals surface area contributed by atoms with Gasteiger partial charge < -0.3 is 5.32 Å². The molecule has 16 heavy (non-hydrogen) atoms. The van der Waals surface area contributed by atoms with E-state index < -0.39 is 10.8 Å². The van der Waals surface area contributed by atoms with Gasteiger partial charge in [0.15, 0.2) is 0 Å². The van der Waals surface area contributed by atoms with E-state index in [1.165, 1.54) is 16.7 Å². The molecule has 1 saturated heterocycles. The smallest absolute Gasteiger partial charge is 0.0445 e. The standard InChI is InChI=1S/C13H19NOS/c1-9-4-5-12(10(2)6-9)13-8-16(15)11(3)7-14-13/h4-6,11,13-14H,7-8H2,1-3H3. The minimum Gasteiger partial charge on any atom is -0.308 e. The summed E-state index contributed by atoms with van der Waals surface area (Å²) in [6.07, 6.45) is 0. The van der Waals surface area contributed by atoms with Gasteiger partial charge in [0.1, 0.15) is 0 Å². The largest absolute Gasteiger partial charge is 0.308 e. The molecule has 2 nitrogen and oxygen atoms in total. The Kier molecular flexibility index (Phi) is 3.45. The zero-order valence-electron chi connectivity index (χ0n) is 10.1. The van der Waals surface area contributed by atoms with Crippen LogP contribution in [0.4, 0.5) is 0 Å². The molecule has 0 saturated carbocycles. The maximum atomic E-state index is 11.8. The van der Waals surface area contributed by atoms with E-state index in [0.717, 1.165) is 12.3 Å². The molecule has 2 rings (SSSR count). The van der Waals surface area contributed by atoms with Crippen molar-refractivity contribution in [2.75, 3.05) is 12.3 Å². The minimum absolute atomic E-state index is 0.262. The van der Waals surface area contributed by atoms with Crippen LogP contribution in [0.3, 0.4) is 0 Å². The van der Waals surface area contributed by atoms with Gasteiger partial charge in [0, 0.05) is 34.4 Å². The van der Waals surface area contributed by atoms with E-state index in [0.29, 0.717) is 0 Å². The number of aryl methyl sites for hydroxylation is 2. The lowest BCUT2D eigenvalue weighted by molar-refractivity contribution is 0.538. The van der Waals surface area contributed by atoms with Crippen molar-refractivity contribution >= 4 is 10.8 Å². The Morgan fingerprint density at radius 3 is 2.75 bits per heavy atom. The molecule has 1 heterocycles. The lowest BCUT2D eigenvalue weighted by Gasteiger charge is -2.28. The van der Waals surface area contributed by atoms with Crippen LogP contribution >= 0.6 is 0 Å². The van der Waals surface area contributed by atoms with E-state index in [4.69, 9.17) is 0 Å². The predicted molar refractivity (Wildman–Crippen MR) is 69.1 cm³/mol. The van der Waals surface area contributed by atoms with Crippen molar-refractivity contribution in [1.29, 1.82) is 0 Å². The van der Waals surface area contributed by atoms with Crippen molar-refractivity contribution in [2.45, 2.75) is 32.1 Å². The van der Waals surface area contributed by atoms with Gasteiger partial charge in [-0.1, -0.05) is 23.8 Å². The van der Waals surface area contributed by atoms with Gasteiger partial charge in [-0.2, -0.15) is 0 Å². The van der Waals surface area contributed by atoms with Crippen LogP contribution in [-0.4, -0.2) is 21.8 Å². The highest BCUT2D eigenvalue weighted by Crippen LogP contribution is 2.23. The molecule has 3 unspecified atom stereocenters. The van der Waals surface area contributed by atoms with Crippen molar-refractivity contribution in [1.82, 2.24) is 5.32 Å². The summed E-state index contributed by atoms with van der Waals surface area (Å²) in [6, 6.07) is 6.75. The first-order valence-corrected chi connectivity index (χ1v) is 7.14. The van der Waals surface area contributed by atoms with Crippen LogP contribution in [0.1, 0.15) is 29.7 Å². The average molecular weight is 237 g/mol. The summed E-state index contributed by atoms with van der Waals surface area (Å²) in [5, 5.41) is 3.76. The molecule has 1 aromatic carbocycles. The molecule has 3 heteroatoms. The summed E-state index contributed by atoms with van der Waals surface area (Å²) in [5.41, 5.74) is 3.88. The zero-order valence-corrected chi connectivity index (χ0v) is 10.9. The second-order valence-corrected chi connectivity index (χ2v) is 6.58. The van der Waals surface area contributed by atoms with Gasteiger partial charge in [-0.05, 0) is 31.9 Å². The highest BCUT2D eigenvalue weighted by Gasteiger charge is 2.25. The summed E-state index contributed by atoms with van der Waals surface area (Å²) in [4.78, 5) is 0. The Hall–Kier alpha value is -0.670. The van der Waals surface area contributed by atoms with Gasteiger partial charge in [0.2, 0.25) is 0 Å². The highest BCUT2D eigenvalue weighted by atomic mass is 32.2. The first-order valence-electron chi connectivity index (χ1n) is 5.75. The van der Waals surface area contributed by atoms with E-state index in [-0.39, 0.29) is 11.3 Å². The third-order valence-electron chi connectivity index (χ3n) is 3.23. The van der Waals surface area contributed by atoms with Gasteiger partial charge in [0.05, 0.1) is 0 Å². The normalized spacial score (nSPS) is 30.3. The first kappa shape index (κ1) is 11.8. The van der Waals surface area contributed by atoms with E-state index in [2.05, 4.69) is 37.4 Å². The first-order chi connectivity index (χ1) is 7.58. The van der Waals surface area contributed by atoms with Gasteiger partial charge in [-0.25, -0.2) is 0 Å². The molecule has 0 radical (unpaired) electrons. The molecule has 1 fully saturated rings. The third kappa shape index (κ3) is 2.36. The van der Waals surface area contributed by atoms with Crippen molar-refractivity contribution in [2.24, 2.45) is 0 Å². The fourth-order valence-corrected chi connectivity index (χ4v) is 3.44. The lowest BCUT2D eigenvalue weighted by Crippen LogP contribution is -2.41. The van der Waals surface area contributed by atoms with Crippen molar-refractivity contribution in [3.8, 4) is 0 Å². The van der Waals surface area contributed by atoms with Crippen LogP contribution < -0.4 is 5.32 Å². The van der Waals surface area contributed by atoms with Gasteiger partial charge in [0.25, 0.3) is 0 Å². The molecule has 1 aliphatic heterocycles. The van der Waals surface area contributed by atoms with Crippen LogP contribution in [-0.2, 0) is 10.8 Å². The Morgan fingerprint density at radius 1 is 1.38 bits per heavy atom. The fourth-order valence-electron chi connectivity index (χ4n) is 2.20. The highest BCUT2D eigenvalue weighted by molar-refractivity contribution is 7.85. The predicted octanol–water partition coefficient (Wildman–Crippen LogP) is 2.08. The summed E-state index contributed by atoms with van der Waals surface area (Å²) in [5.74, 6) is 0.741. The summed E-state index contributed by atoms with van der Waals surface area (Å²) >= 11 is 0. The maximum absolute atomic E-state index is 11.8.